The second kappa shape index (κ2) is 7.16. The average molecular weight is 326 g/mol. The zero-order chi connectivity index (χ0) is 17.0. The Morgan fingerprint density at radius 1 is 1.00 bits per heavy atom. The fraction of sp³-hybridized carbons (Fsp3) is 0.350. The van der Waals surface area contributed by atoms with Gasteiger partial charge in [-0.15, -0.1) is 0 Å². The molecule has 0 unspecified atom stereocenters. The Balaban J connectivity index is 2.00. The van der Waals surface area contributed by atoms with Gasteiger partial charge >= 0.3 is 5.97 Å². The summed E-state index contributed by atoms with van der Waals surface area (Å²) >= 11 is 0. The first-order valence-corrected chi connectivity index (χ1v) is 8.31. The maximum atomic E-state index is 12.7. The molecule has 1 fully saturated rings. The van der Waals surface area contributed by atoms with Gasteiger partial charge in [-0.3, -0.25) is 0 Å². The Morgan fingerprint density at radius 3 is 2.12 bits per heavy atom. The summed E-state index contributed by atoms with van der Waals surface area (Å²) in [6, 6.07) is 19.4. The zero-order valence-corrected chi connectivity index (χ0v) is 14.0. The van der Waals surface area contributed by atoms with Crippen LogP contribution in [0.15, 0.2) is 60.7 Å². The lowest BCUT2D eigenvalue weighted by molar-refractivity contribution is -0.174. The second-order valence-electron chi connectivity index (χ2n) is 5.75. The van der Waals surface area contributed by atoms with Crippen LogP contribution in [0.5, 0.6) is 0 Å². The van der Waals surface area contributed by atoms with Gasteiger partial charge in [0.15, 0.2) is 11.9 Å². The van der Waals surface area contributed by atoms with Crippen molar-refractivity contribution in [3.63, 3.8) is 0 Å². The molecule has 1 heterocycles. The first-order chi connectivity index (χ1) is 11.7. The summed E-state index contributed by atoms with van der Waals surface area (Å²) in [5.74, 6) is -0.375. The predicted octanol–water partition coefficient (Wildman–Crippen LogP) is 4.19. The third kappa shape index (κ3) is 2.95. The zero-order valence-electron chi connectivity index (χ0n) is 14.0. The lowest BCUT2D eigenvalue weighted by atomic mass is 9.88. The molecule has 0 aliphatic carbocycles. The fourth-order valence-corrected chi connectivity index (χ4v) is 3.07. The van der Waals surface area contributed by atoms with E-state index in [4.69, 9.17) is 14.2 Å². The molecule has 126 valence electrons. The molecule has 24 heavy (non-hydrogen) atoms. The van der Waals surface area contributed by atoms with Crippen molar-refractivity contribution in [2.24, 2.45) is 0 Å². The lowest BCUT2D eigenvalue weighted by Gasteiger charge is -2.29. The van der Waals surface area contributed by atoms with E-state index in [-0.39, 0.29) is 5.97 Å². The summed E-state index contributed by atoms with van der Waals surface area (Å²) in [6.45, 7) is 4.02. The minimum atomic E-state index is -1.14. The molecule has 3 atom stereocenters. The Bertz CT molecular complexity index is 671. The van der Waals surface area contributed by atoms with Crippen LogP contribution in [0.1, 0.15) is 43.8 Å². The highest BCUT2D eigenvalue weighted by Crippen LogP contribution is 2.49. The summed E-state index contributed by atoms with van der Waals surface area (Å²) in [5.41, 5.74) is 0.654. The van der Waals surface area contributed by atoms with Crippen LogP contribution in [0.25, 0.3) is 0 Å². The molecule has 0 amide bonds. The number of benzene rings is 2. The van der Waals surface area contributed by atoms with Gasteiger partial charge in [0.2, 0.25) is 0 Å². The molecule has 0 radical (unpaired) electrons. The van der Waals surface area contributed by atoms with Gasteiger partial charge in [-0.05, 0) is 18.9 Å². The highest BCUT2D eigenvalue weighted by atomic mass is 16.8. The van der Waals surface area contributed by atoms with Crippen LogP contribution in [0, 0.1) is 0 Å². The third-order valence-electron chi connectivity index (χ3n) is 4.32. The van der Waals surface area contributed by atoms with Crippen molar-refractivity contribution in [3.8, 4) is 0 Å². The molecule has 1 aliphatic rings. The first-order valence-electron chi connectivity index (χ1n) is 8.31. The van der Waals surface area contributed by atoms with Gasteiger partial charge in [0, 0.05) is 5.56 Å². The highest BCUT2D eigenvalue weighted by molar-refractivity contribution is 5.81. The summed E-state index contributed by atoms with van der Waals surface area (Å²) in [5, 5.41) is 0. The van der Waals surface area contributed by atoms with Gasteiger partial charge in [-0.25, -0.2) is 4.79 Å². The van der Waals surface area contributed by atoms with Crippen molar-refractivity contribution >= 4 is 5.97 Å². The number of carbonyl (C=O) groups excluding carboxylic acids is 1. The largest absolute Gasteiger partial charge is 0.464 e. The van der Waals surface area contributed by atoms with Crippen molar-refractivity contribution in [1.82, 2.24) is 0 Å². The maximum Gasteiger partial charge on any atom is 0.341 e. The van der Waals surface area contributed by atoms with E-state index < -0.39 is 18.0 Å². The smallest absolute Gasteiger partial charge is 0.341 e. The van der Waals surface area contributed by atoms with Crippen molar-refractivity contribution in [3.05, 3.63) is 71.8 Å². The quantitative estimate of drug-likeness (QED) is 0.773. The molecular weight excluding hydrogens is 304 g/mol. The third-order valence-corrected chi connectivity index (χ3v) is 4.32. The molecule has 0 N–H and O–H groups in total. The van der Waals surface area contributed by atoms with E-state index >= 15 is 0 Å². The Kier molecular flexibility index (Phi) is 4.97. The summed E-state index contributed by atoms with van der Waals surface area (Å²) in [4.78, 5) is 12.7. The van der Waals surface area contributed by atoms with Crippen molar-refractivity contribution in [1.29, 1.82) is 0 Å². The average Bonchev–Trinajstić information content (AvgIpc) is 3.04. The molecule has 0 aromatic heterocycles. The van der Waals surface area contributed by atoms with E-state index in [0.29, 0.717) is 13.0 Å². The minimum absolute atomic E-state index is 0.307. The molecular formula is C20H22O4. The van der Waals surface area contributed by atoms with Crippen LogP contribution in [0.4, 0.5) is 0 Å². The maximum absolute atomic E-state index is 12.7. The van der Waals surface area contributed by atoms with Gasteiger partial charge in [0.05, 0.1) is 6.61 Å². The predicted molar refractivity (Wildman–Crippen MR) is 90.2 cm³/mol. The van der Waals surface area contributed by atoms with Crippen LogP contribution >= 0.6 is 0 Å². The van der Waals surface area contributed by atoms with Crippen LogP contribution in [-0.4, -0.2) is 18.2 Å². The standard InChI is InChI=1S/C20H22O4/c1-3-20(19(21)22-4-2)17(15-11-7-5-8-12-15)23-18(24-20)16-13-9-6-10-14-16/h5-14,17-18H,3-4H2,1-2H3/t17-,18-,20+/m1/s1. The SMILES string of the molecule is CCOC(=O)[C@@]1(CC)O[C@H](c2ccccc2)O[C@@H]1c1ccccc1. The van der Waals surface area contributed by atoms with Gasteiger partial charge in [0.1, 0.15) is 6.10 Å². The van der Waals surface area contributed by atoms with Gasteiger partial charge in [-0.1, -0.05) is 67.6 Å². The summed E-state index contributed by atoms with van der Waals surface area (Å²) in [7, 11) is 0. The van der Waals surface area contributed by atoms with E-state index in [9.17, 15) is 4.79 Å². The Morgan fingerprint density at radius 2 is 1.58 bits per heavy atom. The number of ether oxygens (including phenoxy) is 3. The van der Waals surface area contributed by atoms with Crippen LogP contribution < -0.4 is 0 Å². The van der Waals surface area contributed by atoms with E-state index in [0.717, 1.165) is 11.1 Å². The van der Waals surface area contributed by atoms with Crippen molar-refractivity contribution < 1.29 is 19.0 Å². The molecule has 4 heteroatoms. The molecule has 0 saturated carbocycles. The molecule has 2 aromatic rings. The first kappa shape index (κ1) is 16.7. The van der Waals surface area contributed by atoms with Gasteiger partial charge in [0.25, 0.3) is 0 Å². The number of hydrogen-bond acceptors (Lipinski definition) is 4. The molecule has 4 nitrogen and oxygen atoms in total. The van der Waals surface area contributed by atoms with Crippen molar-refractivity contribution in [2.45, 2.75) is 38.3 Å². The Hall–Kier alpha value is -2.17. The second-order valence-corrected chi connectivity index (χ2v) is 5.75. The Labute approximate surface area is 142 Å². The molecule has 0 bridgehead atoms. The summed E-state index contributed by atoms with van der Waals surface area (Å²) < 4.78 is 17.7. The summed E-state index contributed by atoms with van der Waals surface area (Å²) in [6.07, 6.45) is -0.636. The molecule has 2 aromatic carbocycles. The molecule has 1 saturated heterocycles. The van der Waals surface area contributed by atoms with Crippen LogP contribution in [-0.2, 0) is 19.0 Å². The number of rotatable bonds is 5. The monoisotopic (exact) mass is 326 g/mol. The topological polar surface area (TPSA) is 44.8 Å². The van der Waals surface area contributed by atoms with E-state index in [1.165, 1.54) is 0 Å². The van der Waals surface area contributed by atoms with Crippen molar-refractivity contribution in [2.75, 3.05) is 6.61 Å². The van der Waals surface area contributed by atoms with Gasteiger partial charge in [-0.2, -0.15) is 0 Å². The molecule has 0 spiro atoms. The number of carbonyl (C=O) groups is 1. The van der Waals surface area contributed by atoms with E-state index in [1.807, 2.05) is 67.6 Å². The van der Waals surface area contributed by atoms with Crippen LogP contribution in [0.3, 0.4) is 0 Å². The van der Waals surface area contributed by atoms with Gasteiger partial charge < -0.3 is 14.2 Å². The van der Waals surface area contributed by atoms with Crippen LogP contribution in [0.2, 0.25) is 0 Å². The molecule has 3 rings (SSSR count). The number of esters is 1. The lowest BCUT2D eigenvalue weighted by Crippen LogP contribution is -2.44. The highest BCUT2D eigenvalue weighted by Gasteiger charge is 2.56. The molecule has 1 aliphatic heterocycles. The normalized spacial score (nSPS) is 26.2. The van der Waals surface area contributed by atoms with E-state index in [1.54, 1.807) is 6.92 Å². The minimum Gasteiger partial charge on any atom is -0.464 e. The fourth-order valence-electron chi connectivity index (χ4n) is 3.07. The van der Waals surface area contributed by atoms with E-state index in [2.05, 4.69) is 0 Å². The number of hydrogen-bond donors (Lipinski definition) is 0.